The number of amides is 1. The van der Waals surface area contributed by atoms with Crippen molar-refractivity contribution in [2.75, 3.05) is 0 Å². The largest absolute Gasteiger partial charge is 0.475 e. The molecule has 15 heavy (non-hydrogen) atoms. The first-order valence-corrected chi connectivity index (χ1v) is 5.10. The highest BCUT2D eigenvalue weighted by atomic mass is 16.4. The molecule has 0 heterocycles. The van der Waals surface area contributed by atoms with E-state index in [-0.39, 0.29) is 11.8 Å². The summed E-state index contributed by atoms with van der Waals surface area (Å²) < 4.78 is 0. The minimum atomic E-state index is -1.56. The summed E-state index contributed by atoms with van der Waals surface area (Å²) in [5, 5.41) is 20.7. The Morgan fingerprint density at radius 3 is 2.20 bits per heavy atom. The number of carbonyl (C=O) groups excluding carboxylic acids is 1. The number of hydrogen-bond donors (Lipinski definition) is 4. The number of hydrogen-bond acceptors (Lipinski definition) is 4. The zero-order chi connectivity index (χ0) is 12.2. The minimum Gasteiger partial charge on any atom is -0.426 e. The Morgan fingerprint density at radius 1 is 1.47 bits per heavy atom. The molecule has 0 fully saturated rings. The average molecular weight is 216 g/mol. The molecular weight excluding hydrogens is 195 g/mol. The van der Waals surface area contributed by atoms with Gasteiger partial charge in [-0.25, -0.2) is 0 Å². The van der Waals surface area contributed by atoms with Gasteiger partial charge in [0, 0.05) is 0 Å². The van der Waals surface area contributed by atoms with Crippen LogP contribution in [0.25, 0.3) is 0 Å². The van der Waals surface area contributed by atoms with Crippen LogP contribution in [0.1, 0.15) is 34.1 Å². The van der Waals surface area contributed by atoms with Gasteiger partial charge in [-0.3, -0.25) is 4.79 Å². The normalized spacial score (nSPS) is 13.9. The maximum atomic E-state index is 11.5. The lowest BCUT2D eigenvalue weighted by atomic mass is 9.74. The fourth-order valence-corrected chi connectivity index (χ4v) is 1.12. The molecule has 0 saturated heterocycles. The predicted octanol–water partition coefficient (Wildman–Crippen LogP) is -0.733. The van der Waals surface area contributed by atoms with Gasteiger partial charge in [-0.2, -0.15) is 0 Å². The van der Waals surface area contributed by atoms with Gasteiger partial charge in [0.15, 0.2) is 0 Å². The first-order valence-electron chi connectivity index (χ1n) is 5.10. The molecule has 0 aromatic rings. The van der Waals surface area contributed by atoms with Crippen molar-refractivity contribution in [2.45, 2.75) is 45.6 Å². The Morgan fingerprint density at radius 2 is 1.93 bits per heavy atom. The number of carbonyl (C=O) groups is 1. The third kappa shape index (κ3) is 5.76. The molecule has 1 atom stereocenters. The summed E-state index contributed by atoms with van der Waals surface area (Å²) in [7, 11) is -1.56. The standard InChI is InChI=1S/C9H21BN2O3/c1-6(2)5-7(10(14)15)12-8(13)9(3,4)11/h6-7,14-15H,5,11H2,1-4H3,(H,12,13)/t7-/m0/s1. The summed E-state index contributed by atoms with van der Waals surface area (Å²) >= 11 is 0. The molecule has 5 nitrogen and oxygen atoms in total. The maximum absolute atomic E-state index is 11.5. The molecule has 0 radical (unpaired) electrons. The molecule has 88 valence electrons. The Kier molecular flexibility index (Phi) is 5.27. The molecule has 0 aliphatic rings. The molecule has 0 spiro atoms. The van der Waals surface area contributed by atoms with Gasteiger partial charge in [0.25, 0.3) is 0 Å². The van der Waals surface area contributed by atoms with E-state index in [1.165, 1.54) is 0 Å². The topological polar surface area (TPSA) is 95.6 Å². The first kappa shape index (κ1) is 14.4. The Hall–Kier alpha value is -0.585. The van der Waals surface area contributed by atoms with Crippen molar-refractivity contribution in [1.82, 2.24) is 5.32 Å². The third-order valence-electron chi connectivity index (χ3n) is 1.99. The molecule has 0 aromatic heterocycles. The highest BCUT2D eigenvalue weighted by molar-refractivity contribution is 6.43. The fourth-order valence-electron chi connectivity index (χ4n) is 1.12. The van der Waals surface area contributed by atoms with Crippen molar-refractivity contribution in [3.63, 3.8) is 0 Å². The molecule has 0 saturated carbocycles. The monoisotopic (exact) mass is 216 g/mol. The average Bonchev–Trinajstić information content (AvgIpc) is 1.99. The van der Waals surface area contributed by atoms with Crippen LogP contribution in [0, 0.1) is 5.92 Å². The van der Waals surface area contributed by atoms with E-state index < -0.39 is 18.6 Å². The van der Waals surface area contributed by atoms with E-state index in [2.05, 4.69) is 5.32 Å². The fraction of sp³-hybridized carbons (Fsp3) is 0.889. The summed E-state index contributed by atoms with van der Waals surface area (Å²) in [5.74, 6) is -0.792. The highest BCUT2D eigenvalue weighted by Gasteiger charge is 2.30. The van der Waals surface area contributed by atoms with E-state index in [1.54, 1.807) is 13.8 Å². The number of rotatable bonds is 5. The van der Waals surface area contributed by atoms with E-state index in [0.717, 1.165) is 0 Å². The van der Waals surface area contributed by atoms with Gasteiger partial charge in [-0.05, 0) is 26.2 Å². The summed E-state index contributed by atoms with van der Waals surface area (Å²) in [6, 6.07) is 0. The van der Waals surface area contributed by atoms with E-state index >= 15 is 0 Å². The van der Waals surface area contributed by atoms with E-state index in [9.17, 15) is 4.79 Å². The summed E-state index contributed by atoms with van der Waals surface area (Å²) in [5.41, 5.74) is 4.57. The van der Waals surface area contributed by atoms with Crippen molar-refractivity contribution in [2.24, 2.45) is 11.7 Å². The van der Waals surface area contributed by atoms with E-state index in [1.807, 2.05) is 13.8 Å². The van der Waals surface area contributed by atoms with Gasteiger partial charge in [0.2, 0.25) is 5.91 Å². The van der Waals surface area contributed by atoms with Gasteiger partial charge in [-0.1, -0.05) is 13.8 Å². The molecule has 0 unspecified atom stereocenters. The first-order chi connectivity index (χ1) is 6.64. The molecule has 5 N–H and O–H groups in total. The van der Waals surface area contributed by atoms with Crippen LogP contribution in [0.2, 0.25) is 0 Å². The second-order valence-corrected chi connectivity index (χ2v) is 4.84. The van der Waals surface area contributed by atoms with Crippen LogP contribution in [0.4, 0.5) is 0 Å². The molecule has 0 aromatic carbocycles. The van der Waals surface area contributed by atoms with Crippen LogP contribution in [0.3, 0.4) is 0 Å². The van der Waals surface area contributed by atoms with Crippen molar-refractivity contribution >= 4 is 13.0 Å². The van der Waals surface area contributed by atoms with Gasteiger partial charge < -0.3 is 21.1 Å². The molecule has 0 rings (SSSR count). The third-order valence-corrected chi connectivity index (χ3v) is 1.99. The molecule has 0 bridgehead atoms. The second kappa shape index (κ2) is 5.49. The number of nitrogens with two attached hydrogens (primary N) is 1. The Bertz CT molecular complexity index is 214. The molecule has 1 amide bonds. The Labute approximate surface area is 91.2 Å². The zero-order valence-electron chi connectivity index (χ0n) is 9.82. The van der Waals surface area contributed by atoms with Crippen molar-refractivity contribution in [1.29, 1.82) is 0 Å². The summed E-state index contributed by atoms with van der Waals surface area (Å²) in [6.45, 7) is 7.02. The van der Waals surface area contributed by atoms with Crippen LogP contribution < -0.4 is 11.1 Å². The smallest absolute Gasteiger partial charge is 0.426 e. The van der Waals surface area contributed by atoms with Gasteiger partial charge >= 0.3 is 7.12 Å². The SMILES string of the molecule is CC(C)C[C@H](NC(=O)C(C)(C)N)B(O)O. The minimum absolute atomic E-state index is 0.262. The molecular formula is C9H21BN2O3. The van der Waals surface area contributed by atoms with Crippen molar-refractivity contribution in [3.05, 3.63) is 0 Å². The summed E-state index contributed by atoms with van der Waals surface area (Å²) in [4.78, 5) is 11.5. The molecule has 0 aliphatic heterocycles. The van der Waals surface area contributed by atoms with Crippen LogP contribution in [0.5, 0.6) is 0 Å². The maximum Gasteiger partial charge on any atom is 0.475 e. The van der Waals surface area contributed by atoms with Crippen LogP contribution in [0.15, 0.2) is 0 Å². The summed E-state index contributed by atoms with van der Waals surface area (Å²) in [6.07, 6.45) is 0.499. The lowest BCUT2D eigenvalue weighted by molar-refractivity contribution is -0.125. The van der Waals surface area contributed by atoms with Crippen molar-refractivity contribution in [3.8, 4) is 0 Å². The van der Waals surface area contributed by atoms with Crippen molar-refractivity contribution < 1.29 is 14.8 Å². The lowest BCUT2D eigenvalue weighted by Gasteiger charge is -2.24. The Balaban J connectivity index is 4.36. The molecule has 0 aliphatic carbocycles. The van der Waals surface area contributed by atoms with Gasteiger partial charge in [0.1, 0.15) is 0 Å². The lowest BCUT2D eigenvalue weighted by Crippen LogP contribution is -2.56. The van der Waals surface area contributed by atoms with E-state index in [0.29, 0.717) is 6.42 Å². The van der Waals surface area contributed by atoms with Gasteiger partial charge in [0.05, 0.1) is 11.5 Å². The van der Waals surface area contributed by atoms with Crippen LogP contribution in [-0.4, -0.2) is 34.6 Å². The van der Waals surface area contributed by atoms with Crippen LogP contribution in [-0.2, 0) is 4.79 Å². The number of nitrogens with one attached hydrogen (secondary N) is 1. The quantitative estimate of drug-likeness (QED) is 0.455. The molecule has 6 heteroatoms. The second-order valence-electron chi connectivity index (χ2n) is 4.84. The highest BCUT2D eigenvalue weighted by Crippen LogP contribution is 2.07. The van der Waals surface area contributed by atoms with Gasteiger partial charge in [-0.15, -0.1) is 0 Å². The zero-order valence-corrected chi connectivity index (χ0v) is 9.82. The predicted molar refractivity (Wildman–Crippen MR) is 59.8 cm³/mol. The van der Waals surface area contributed by atoms with E-state index in [4.69, 9.17) is 15.8 Å². The van der Waals surface area contributed by atoms with Crippen LogP contribution >= 0.6 is 0 Å².